The Morgan fingerprint density at radius 2 is 2.06 bits per heavy atom. The Hall–Kier alpha value is -0.800. The fraction of sp³-hybridized carbons (Fsp3) is 0.462. The van der Waals surface area contributed by atoms with E-state index in [-0.39, 0.29) is 0 Å². The molecule has 17 heavy (non-hydrogen) atoms. The van der Waals surface area contributed by atoms with Gasteiger partial charge in [0.05, 0.1) is 9.91 Å². The first-order valence-electron chi connectivity index (χ1n) is 5.87. The molecule has 1 heterocycles. The molecule has 0 unspecified atom stereocenters. The van der Waals surface area contributed by atoms with Gasteiger partial charge in [0.1, 0.15) is 0 Å². The van der Waals surface area contributed by atoms with Gasteiger partial charge in [-0.2, -0.15) is 0 Å². The molecule has 1 saturated carbocycles. The summed E-state index contributed by atoms with van der Waals surface area (Å²) in [5, 5.41) is 9.26. The average Bonchev–Trinajstić information content (AvgIpc) is 2.73. The van der Waals surface area contributed by atoms with Crippen molar-refractivity contribution < 1.29 is 9.90 Å². The van der Waals surface area contributed by atoms with Crippen LogP contribution in [0.5, 0.6) is 0 Å². The van der Waals surface area contributed by atoms with Crippen molar-refractivity contribution >= 4 is 34.5 Å². The van der Waals surface area contributed by atoms with E-state index < -0.39 is 5.97 Å². The molecule has 2 rings (SSSR count). The monoisotopic (exact) mass is 270 g/mol. The predicted octanol–water partition coefficient (Wildman–Crippen LogP) is 4.45. The Labute approximate surface area is 110 Å². The highest BCUT2D eigenvalue weighted by Gasteiger charge is 2.17. The van der Waals surface area contributed by atoms with Gasteiger partial charge in [-0.05, 0) is 30.9 Å². The first-order chi connectivity index (χ1) is 8.16. The Morgan fingerprint density at radius 1 is 1.35 bits per heavy atom. The number of carboxylic acids is 1. The zero-order chi connectivity index (χ0) is 12.3. The SMILES string of the molecule is O=C(O)C(=CC1CCCCC1)c1ccc(Cl)s1. The number of hydrogen-bond donors (Lipinski definition) is 1. The van der Waals surface area contributed by atoms with Gasteiger partial charge in [0, 0.05) is 4.88 Å². The van der Waals surface area contributed by atoms with Gasteiger partial charge >= 0.3 is 5.97 Å². The van der Waals surface area contributed by atoms with E-state index in [1.165, 1.54) is 30.6 Å². The first-order valence-corrected chi connectivity index (χ1v) is 7.07. The van der Waals surface area contributed by atoms with Crippen LogP contribution in [0.1, 0.15) is 37.0 Å². The maximum Gasteiger partial charge on any atom is 0.336 e. The maximum atomic E-state index is 11.3. The third-order valence-electron chi connectivity index (χ3n) is 3.12. The summed E-state index contributed by atoms with van der Waals surface area (Å²) >= 11 is 7.18. The summed E-state index contributed by atoms with van der Waals surface area (Å²) < 4.78 is 0.635. The van der Waals surface area contributed by atoms with Crippen LogP contribution >= 0.6 is 22.9 Å². The van der Waals surface area contributed by atoms with Crippen molar-refractivity contribution in [2.24, 2.45) is 5.92 Å². The van der Waals surface area contributed by atoms with Gasteiger partial charge in [-0.25, -0.2) is 4.79 Å². The third kappa shape index (κ3) is 3.33. The number of hydrogen-bond acceptors (Lipinski definition) is 2. The number of aliphatic carboxylic acids is 1. The minimum Gasteiger partial charge on any atom is -0.478 e. The fourth-order valence-electron chi connectivity index (χ4n) is 2.25. The fourth-order valence-corrected chi connectivity index (χ4v) is 3.31. The molecule has 2 nitrogen and oxygen atoms in total. The highest BCUT2D eigenvalue weighted by molar-refractivity contribution is 7.17. The van der Waals surface area contributed by atoms with Gasteiger partial charge in [0.15, 0.2) is 0 Å². The van der Waals surface area contributed by atoms with Crippen molar-refractivity contribution in [1.29, 1.82) is 0 Å². The van der Waals surface area contributed by atoms with Crippen molar-refractivity contribution in [3.8, 4) is 0 Å². The summed E-state index contributed by atoms with van der Waals surface area (Å²) in [4.78, 5) is 12.0. The molecule has 0 spiro atoms. The topological polar surface area (TPSA) is 37.3 Å². The average molecular weight is 271 g/mol. The van der Waals surface area contributed by atoms with Crippen LogP contribution in [-0.2, 0) is 4.79 Å². The standard InChI is InChI=1S/C13H15ClO2S/c14-12-7-6-11(17-12)10(13(15)16)8-9-4-2-1-3-5-9/h6-9H,1-5H2,(H,15,16). The second-order valence-corrected chi connectivity index (χ2v) is 6.10. The van der Waals surface area contributed by atoms with Gasteiger partial charge in [0.25, 0.3) is 0 Å². The van der Waals surface area contributed by atoms with Crippen LogP contribution in [0.15, 0.2) is 18.2 Å². The first kappa shape index (κ1) is 12.7. The molecule has 0 aromatic carbocycles. The minimum atomic E-state index is -0.853. The molecule has 1 fully saturated rings. The Balaban J connectivity index is 2.22. The van der Waals surface area contributed by atoms with Gasteiger partial charge < -0.3 is 5.11 Å². The zero-order valence-electron chi connectivity index (χ0n) is 9.49. The molecular weight excluding hydrogens is 256 g/mol. The summed E-state index contributed by atoms with van der Waals surface area (Å²) in [6.45, 7) is 0. The summed E-state index contributed by atoms with van der Waals surface area (Å²) in [7, 11) is 0. The van der Waals surface area contributed by atoms with Crippen molar-refractivity contribution in [2.75, 3.05) is 0 Å². The van der Waals surface area contributed by atoms with E-state index in [9.17, 15) is 9.90 Å². The lowest BCUT2D eigenvalue weighted by atomic mass is 9.87. The van der Waals surface area contributed by atoms with Crippen LogP contribution in [0.3, 0.4) is 0 Å². The van der Waals surface area contributed by atoms with E-state index in [1.54, 1.807) is 12.1 Å². The molecule has 1 aliphatic rings. The smallest absolute Gasteiger partial charge is 0.336 e. The minimum absolute atomic E-state index is 0.411. The maximum absolute atomic E-state index is 11.3. The Bertz CT molecular complexity index is 430. The lowest BCUT2D eigenvalue weighted by molar-refractivity contribution is -0.130. The molecule has 4 heteroatoms. The third-order valence-corrected chi connectivity index (χ3v) is 4.39. The second kappa shape index (κ2) is 5.69. The van der Waals surface area contributed by atoms with Crippen molar-refractivity contribution in [3.05, 3.63) is 27.4 Å². The van der Waals surface area contributed by atoms with Crippen LogP contribution in [-0.4, -0.2) is 11.1 Å². The number of carboxylic acid groups (broad SMARTS) is 1. The normalized spacial score (nSPS) is 18.3. The van der Waals surface area contributed by atoms with Crippen LogP contribution in [0.4, 0.5) is 0 Å². The second-order valence-electron chi connectivity index (χ2n) is 4.39. The quantitative estimate of drug-likeness (QED) is 0.824. The molecule has 0 amide bonds. The highest BCUT2D eigenvalue weighted by Crippen LogP contribution is 2.32. The number of thiophene rings is 1. The summed E-state index contributed by atoms with van der Waals surface area (Å²) in [5.74, 6) is -0.440. The van der Waals surface area contributed by atoms with Crippen LogP contribution in [0, 0.1) is 5.92 Å². The molecule has 1 aromatic heterocycles. The van der Waals surface area contributed by atoms with E-state index in [1.807, 2.05) is 6.08 Å². The van der Waals surface area contributed by atoms with Gasteiger partial charge in [0.2, 0.25) is 0 Å². The van der Waals surface area contributed by atoms with Crippen LogP contribution in [0.2, 0.25) is 4.34 Å². The number of rotatable bonds is 3. The van der Waals surface area contributed by atoms with Crippen molar-refractivity contribution in [1.82, 2.24) is 0 Å². The molecule has 0 bridgehead atoms. The van der Waals surface area contributed by atoms with E-state index in [2.05, 4.69) is 0 Å². The van der Waals surface area contributed by atoms with Gasteiger partial charge in [-0.3, -0.25) is 0 Å². The van der Waals surface area contributed by atoms with Crippen LogP contribution in [0.25, 0.3) is 5.57 Å². The van der Waals surface area contributed by atoms with E-state index in [4.69, 9.17) is 11.6 Å². The molecule has 1 aliphatic carbocycles. The molecule has 0 saturated heterocycles. The summed E-state index contributed by atoms with van der Waals surface area (Å²) in [5.41, 5.74) is 0.411. The van der Waals surface area contributed by atoms with E-state index >= 15 is 0 Å². The predicted molar refractivity (Wildman–Crippen MR) is 71.5 cm³/mol. The number of carbonyl (C=O) groups is 1. The molecule has 0 atom stereocenters. The molecule has 1 N–H and O–H groups in total. The Morgan fingerprint density at radius 3 is 2.59 bits per heavy atom. The molecule has 1 aromatic rings. The van der Waals surface area contributed by atoms with Crippen molar-refractivity contribution in [2.45, 2.75) is 32.1 Å². The molecule has 92 valence electrons. The number of halogens is 1. The lowest BCUT2D eigenvalue weighted by Gasteiger charge is -2.18. The van der Waals surface area contributed by atoms with Crippen molar-refractivity contribution in [3.63, 3.8) is 0 Å². The van der Waals surface area contributed by atoms with E-state index in [0.717, 1.165) is 17.7 Å². The van der Waals surface area contributed by atoms with E-state index in [0.29, 0.717) is 15.8 Å². The lowest BCUT2D eigenvalue weighted by Crippen LogP contribution is -2.06. The zero-order valence-corrected chi connectivity index (χ0v) is 11.1. The Kier molecular flexibility index (Phi) is 4.24. The van der Waals surface area contributed by atoms with Crippen LogP contribution < -0.4 is 0 Å². The largest absolute Gasteiger partial charge is 0.478 e. The van der Waals surface area contributed by atoms with Gasteiger partial charge in [-0.15, -0.1) is 11.3 Å². The summed E-state index contributed by atoms with van der Waals surface area (Å²) in [6.07, 6.45) is 7.82. The highest BCUT2D eigenvalue weighted by atomic mass is 35.5. The number of allylic oxidation sites excluding steroid dienone is 1. The molecule has 0 radical (unpaired) electrons. The van der Waals surface area contributed by atoms with Gasteiger partial charge in [-0.1, -0.05) is 36.9 Å². The molecular formula is C13H15ClO2S. The molecule has 0 aliphatic heterocycles. The summed E-state index contributed by atoms with van der Waals surface area (Å²) in [6, 6.07) is 3.54.